The van der Waals surface area contributed by atoms with Crippen LogP contribution in [0, 0.1) is 0 Å². The van der Waals surface area contributed by atoms with Crippen molar-refractivity contribution in [3.63, 3.8) is 0 Å². The van der Waals surface area contributed by atoms with Crippen molar-refractivity contribution in [1.29, 1.82) is 0 Å². The number of rotatable bonds is 5. The maximum atomic E-state index is 11.1. The molecule has 2 rings (SSSR count). The van der Waals surface area contributed by atoms with Gasteiger partial charge in [0.1, 0.15) is 0 Å². The molecule has 1 N–H and O–H groups in total. The number of aryl methyl sites for hydroxylation is 1. The van der Waals surface area contributed by atoms with Crippen LogP contribution in [0.5, 0.6) is 0 Å². The third-order valence-electron chi connectivity index (χ3n) is 2.69. The van der Waals surface area contributed by atoms with E-state index >= 15 is 0 Å². The standard InChI is InChI=1S/C14H14ClNO2S/c1-2-3-11-13(14(17)18)16-12(19-11)8-9-4-6-10(15)7-5-9/h4-7H,2-3,8H2,1H3,(H,17,18). The quantitative estimate of drug-likeness (QED) is 0.906. The van der Waals surface area contributed by atoms with Crippen molar-refractivity contribution in [2.75, 3.05) is 0 Å². The third kappa shape index (κ3) is 3.55. The van der Waals surface area contributed by atoms with E-state index in [2.05, 4.69) is 4.98 Å². The summed E-state index contributed by atoms with van der Waals surface area (Å²) in [4.78, 5) is 16.2. The number of thiazole rings is 1. The number of nitrogens with zero attached hydrogens (tertiary/aromatic N) is 1. The molecule has 0 aliphatic rings. The first kappa shape index (κ1) is 14.0. The van der Waals surface area contributed by atoms with Crippen LogP contribution in [0.15, 0.2) is 24.3 Å². The summed E-state index contributed by atoms with van der Waals surface area (Å²) in [5, 5.41) is 10.7. The van der Waals surface area contributed by atoms with Crippen molar-refractivity contribution in [3.8, 4) is 0 Å². The van der Waals surface area contributed by atoms with Gasteiger partial charge in [-0.25, -0.2) is 9.78 Å². The molecule has 0 unspecified atom stereocenters. The van der Waals surface area contributed by atoms with Gasteiger partial charge in [0.25, 0.3) is 0 Å². The topological polar surface area (TPSA) is 50.2 Å². The van der Waals surface area contributed by atoms with Crippen molar-refractivity contribution in [3.05, 3.63) is 50.4 Å². The van der Waals surface area contributed by atoms with Gasteiger partial charge >= 0.3 is 5.97 Å². The van der Waals surface area contributed by atoms with Crippen LogP contribution in [0.2, 0.25) is 5.02 Å². The molecule has 0 saturated carbocycles. The van der Waals surface area contributed by atoms with Crippen LogP contribution in [-0.4, -0.2) is 16.1 Å². The highest BCUT2D eigenvalue weighted by Gasteiger charge is 2.16. The maximum Gasteiger partial charge on any atom is 0.355 e. The Bertz CT molecular complexity index is 578. The highest BCUT2D eigenvalue weighted by molar-refractivity contribution is 7.11. The molecule has 0 atom stereocenters. The Morgan fingerprint density at radius 2 is 2.05 bits per heavy atom. The molecule has 19 heavy (non-hydrogen) atoms. The lowest BCUT2D eigenvalue weighted by molar-refractivity contribution is 0.0690. The molecule has 3 nitrogen and oxygen atoms in total. The highest BCUT2D eigenvalue weighted by atomic mass is 35.5. The van der Waals surface area contributed by atoms with Crippen molar-refractivity contribution < 1.29 is 9.90 Å². The Morgan fingerprint density at radius 3 is 2.63 bits per heavy atom. The number of benzene rings is 1. The van der Waals surface area contributed by atoms with E-state index in [9.17, 15) is 4.79 Å². The Labute approximate surface area is 120 Å². The largest absolute Gasteiger partial charge is 0.476 e. The molecule has 0 bridgehead atoms. The van der Waals surface area contributed by atoms with Crippen molar-refractivity contribution in [1.82, 2.24) is 4.98 Å². The first-order chi connectivity index (χ1) is 9.10. The summed E-state index contributed by atoms with van der Waals surface area (Å²) in [6.45, 7) is 2.03. The van der Waals surface area contributed by atoms with Crippen LogP contribution in [0.4, 0.5) is 0 Å². The lowest BCUT2D eigenvalue weighted by Crippen LogP contribution is -2.01. The average Bonchev–Trinajstić information content (AvgIpc) is 2.76. The smallest absolute Gasteiger partial charge is 0.355 e. The fourth-order valence-electron chi connectivity index (χ4n) is 1.82. The van der Waals surface area contributed by atoms with Crippen LogP contribution >= 0.6 is 22.9 Å². The molecular weight excluding hydrogens is 282 g/mol. The second kappa shape index (κ2) is 6.17. The highest BCUT2D eigenvalue weighted by Crippen LogP contribution is 2.23. The Kier molecular flexibility index (Phi) is 4.56. The number of aromatic nitrogens is 1. The number of hydrogen-bond acceptors (Lipinski definition) is 3. The van der Waals surface area contributed by atoms with E-state index in [-0.39, 0.29) is 5.69 Å². The van der Waals surface area contributed by atoms with Gasteiger partial charge in [-0.15, -0.1) is 11.3 Å². The normalized spacial score (nSPS) is 10.6. The van der Waals surface area contributed by atoms with Crippen molar-refractivity contribution in [2.45, 2.75) is 26.2 Å². The minimum absolute atomic E-state index is 0.204. The van der Waals surface area contributed by atoms with Crippen molar-refractivity contribution in [2.24, 2.45) is 0 Å². The van der Waals surface area contributed by atoms with Crippen LogP contribution in [0.1, 0.15) is 39.3 Å². The van der Waals surface area contributed by atoms with Crippen molar-refractivity contribution >= 4 is 28.9 Å². The predicted molar refractivity (Wildman–Crippen MR) is 77.3 cm³/mol. The number of carboxylic acids is 1. The second-order valence-corrected chi connectivity index (χ2v) is 5.84. The summed E-state index contributed by atoms with van der Waals surface area (Å²) in [6, 6.07) is 7.53. The molecular formula is C14H14ClNO2S. The average molecular weight is 296 g/mol. The summed E-state index contributed by atoms with van der Waals surface area (Å²) in [5.74, 6) is -0.943. The number of hydrogen-bond donors (Lipinski definition) is 1. The number of carbonyl (C=O) groups is 1. The van der Waals surface area contributed by atoms with Crippen LogP contribution in [0.3, 0.4) is 0 Å². The molecule has 5 heteroatoms. The van der Waals surface area contributed by atoms with Gasteiger partial charge in [0, 0.05) is 16.3 Å². The lowest BCUT2D eigenvalue weighted by atomic mass is 10.2. The van der Waals surface area contributed by atoms with E-state index in [0.717, 1.165) is 28.3 Å². The number of aromatic carboxylic acids is 1. The molecule has 1 aromatic heterocycles. The molecule has 0 aliphatic carbocycles. The van der Waals surface area contributed by atoms with E-state index in [1.165, 1.54) is 11.3 Å². The van der Waals surface area contributed by atoms with E-state index < -0.39 is 5.97 Å². The van der Waals surface area contributed by atoms with Crippen LogP contribution < -0.4 is 0 Å². The van der Waals surface area contributed by atoms with Gasteiger partial charge in [0.2, 0.25) is 0 Å². The zero-order chi connectivity index (χ0) is 13.8. The summed E-state index contributed by atoms with van der Waals surface area (Å²) in [6.07, 6.45) is 2.33. The molecule has 0 amide bonds. The molecule has 0 saturated heterocycles. The van der Waals surface area contributed by atoms with E-state index in [1.807, 2.05) is 31.2 Å². The van der Waals surface area contributed by atoms with Gasteiger partial charge < -0.3 is 5.11 Å². The Hall–Kier alpha value is -1.39. The third-order valence-corrected chi connectivity index (χ3v) is 4.06. The second-order valence-electron chi connectivity index (χ2n) is 4.24. The van der Waals surface area contributed by atoms with E-state index in [1.54, 1.807) is 0 Å². The monoisotopic (exact) mass is 295 g/mol. The summed E-state index contributed by atoms with van der Waals surface area (Å²) < 4.78 is 0. The fourth-order valence-corrected chi connectivity index (χ4v) is 3.14. The minimum atomic E-state index is -0.943. The van der Waals surface area contributed by atoms with Gasteiger partial charge in [-0.3, -0.25) is 0 Å². The molecule has 0 spiro atoms. The van der Waals surface area contributed by atoms with Gasteiger partial charge in [-0.2, -0.15) is 0 Å². The summed E-state index contributed by atoms with van der Waals surface area (Å²) in [7, 11) is 0. The van der Waals surface area contributed by atoms with E-state index in [0.29, 0.717) is 11.4 Å². The molecule has 2 aromatic rings. The Morgan fingerprint density at radius 1 is 1.37 bits per heavy atom. The van der Waals surface area contributed by atoms with Gasteiger partial charge in [-0.1, -0.05) is 37.1 Å². The van der Waals surface area contributed by atoms with Gasteiger partial charge in [0.15, 0.2) is 5.69 Å². The molecule has 0 radical (unpaired) electrons. The first-order valence-corrected chi connectivity index (χ1v) is 7.26. The molecule has 0 fully saturated rings. The maximum absolute atomic E-state index is 11.1. The molecule has 100 valence electrons. The zero-order valence-corrected chi connectivity index (χ0v) is 12.1. The van der Waals surface area contributed by atoms with Gasteiger partial charge in [0.05, 0.1) is 5.01 Å². The summed E-state index contributed by atoms with van der Waals surface area (Å²) in [5.41, 5.74) is 1.29. The number of halogens is 1. The molecule has 0 aliphatic heterocycles. The summed E-state index contributed by atoms with van der Waals surface area (Å²) >= 11 is 7.32. The fraction of sp³-hybridized carbons (Fsp3) is 0.286. The minimum Gasteiger partial charge on any atom is -0.476 e. The predicted octanol–water partition coefficient (Wildman–Crippen LogP) is 4.04. The van der Waals surface area contributed by atoms with Crippen LogP contribution in [-0.2, 0) is 12.8 Å². The SMILES string of the molecule is CCCc1sc(Cc2ccc(Cl)cc2)nc1C(=O)O. The molecule has 1 aromatic carbocycles. The molecule has 1 heterocycles. The van der Waals surface area contributed by atoms with Crippen LogP contribution in [0.25, 0.3) is 0 Å². The Balaban J connectivity index is 2.23. The zero-order valence-electron chi connectivity index (χ0n) is 10.5. The number of carboxylic acid groups (broad SMARTS) is 1. The lowest BCUT2D eigenvalue weighted by Gasteiger charge is -1.97. The van der Waals surface area contributed by atoms with E-state index in [4.69, 9.17) is 16.7 Å². The first-order valence-electron chi connectivity index (χ1n) is 6.06. The van der Waals surface area contributed by atoms with Gasteiger partial charge in [-0.05, 0) is 24.1 Å².